The minimum Gasteiger partial charge on any atom is -0.232 e. The van der Waals surface area contributed by atoms with Crippen LogP contribution in [0.5, 0.6) is 0 Å². The van der Waals surface area contributed by atoms with Gasteiger partial charge >= 0.3 is 0 Å². The number of aliphatic imine (C=N–C) groups is 2. The zero-order valence-electron chi connectivity index (χ0n) is 33.5. The first-order chi connectivity index (χ1) is 29.2. The smallest absolute Gasteiger partial charge is 0.160 e. The first kappa shape index (κ1) is 36.0. The summed E-state index contributed by atoms with van der Waals surface area (Å²) in [5, 5.41) is 2.63. The molecule has 1 aliphatic heterocycles. The van der Waals surface area contributed by atoms with Gasteiger partial charge in [0.1, 0.15) is 0 Å². The lowest BCUT2D eigenvalue weighted by molar-refractivity contribution is 0.588. The van der Waals surface area contributed by atoms with Crippen molar-refractivity contribution in [3.8, 4) is 22.3 Å². The predicted octanol–water partition coefficient (Wildman–Crippen LogP) is 15.2. The number of fused-ring (bicyclic) bond motifs is 6. The van der Waals surface area contributed by atoms with Crippen molar-refractivity contribution in [2.45, 2.75) is 63.7 Å². The van der Waals surface area contributed by atoms with Gasteiger partial charge in [0, 0.05) is 31.3 Å². The Morgan fingerprint density at radius 3 is 2.12 bits per heavy atom. The number of nitrogens with zero attached hydrogens (tertiary/aromatic N) is 2. The van der Waals surface area contributed by atoms with Crippen LogP contribution >= 0.6 is 11.3 Å². The summed E-state index contributed by atoms with van der Waals surface area (Å²) in [5.74, 6) is 0.766. The number of allylic oxidation sites excluding steroid dienone is 7. The molecule has 0 fully saturated rings. The van der Waals surface area contributed by atoms with Crippen LogP contribution in [0.4, 0.5) is 0 Å². The lowest BCUT2D eigenvalue weighted by Gasteiger charge is -2.40. The third-order valence-electron chi connectivity index (χ3n) is 13.1. The van der Waals surface area contributed by atoms with Crippen molar-refractivity contribution in [2.75, 3.05) is 0 Å². The van der Waals surface area contributed by atoms with Crippen LogP contribution in [-0.4, -0.2) is 11.5 Å². The summed E-state index contributed by atoms with van der Waals surface area (Å²) >= 11 is 1.88. The van der Waals surface area contributed by atoms with E-state index in [0.717, 1.165) is 72.5 Å². The van der Waals surface area contributed by atoms with E-state index in [0.29, 0.717) is 0 Å². The SMILES string of the molecule is C/C1=C(c2ccccc2)/N=C(c2cc3c(cc2-c2ccc4c(c2)sc2ccccc24)C(C2=CC=CCC2)(C2=CCCCC2)c2ccccc2-3)\N=C(\c2ccccc2)CC1. The van der Waals surface area contributed by atoms with E-state index in [2.05, 4.69) is 171 Å². The van der Waals surface area contributed by atoms with Crippen molar-refractivity contribution in [1.82, 2.24) is 0 Å². The van der Waals surface area contributed by atoms with Gasteiger partial charge in [-0.25, -0.2) is 9.98 Å². The predicted molar refractivity (Wildman–Crippen MR) is 252 cm³/mol. The molecule has 4 aliphatic rings. The quantitative estimate of drug-likeness (QED) is 0.150. The molecule has 2 heterocycles. The molecule has 0 amide bonds. The van der Waals surface area contributed by atoms with Crippen molar-refractivity contribution in [2.24, 2.45) is 9.98 Å². The van der Waals surface area contributed by atoms with E-state index < -0.39 is 0 Å². The minimum absolute atomic E-state index is 0.320. The Kier molecular flexibility index (Phi) is 9.08. The van der Waals surface area contributed by atoms with Crippen molar-refractivity contribution in [3.63, 3.8) is 0 Å². The molecule has 6 aromatic carbocycles. The van der Waals surface area contributed by atoms with Gasteiger partial charge in [-0.3, -0.25) is 0 Å². The first-order valence-corrected chi connectivity index (χ1v) is 22.2. The van der Waals surface area contributed by atoms with Gasteiger partial charge in [0.15, 0.2) is 5.84 Å². The van der Waals surface area contributed by atoms with Crippen molar-refractivity contribution in [3.05, 3.63) is 208 Å². The minimum atomic E-state index is -0.320. The molecule has 0 bridgehead atoms. The highest BCUT2D eigenvalue weighted by molar-refractivity contribution is 7.25. The molecule has 0 spiro atoms. The fourth-order valence-electron chi connectivity index (χ4n) is 10.3. The van der Waals surface area contributed by atoms with Gasteiger partial charge in [-0.15, -0.1) is 11.3 Å². The monoisotopic (exact) mass is 778 g/mol. The molecule has 1 aromatic heterocycles. The summed E-state index contributed by atoms with van der Waals surface area (Å²) in [6.07, 6.45) is 18.2. The third kappa shape index (κ3) is 6.05. The van der Waals surface area contributed by atoms with Crippen LogP contribution in [0.2, 0.25) is 0 Å². The van der Waals surface area contributed by atoms with E-state index in [9.17, 15) is 0 Å². The molecule has 59 heavy (non-hydrogen) atoms. The Bertz CT molecular complexity index is 2990. The van der Waals surface area contributed by atoms with Crippen LogP contribution < -0.4 is 0 Å². The van der Waals surface area contributed by atoms with Crippen molar-refractivity contribution in [1.29, 1.82) is 0 Å². The Morgan fingerprint density at radius 1 is 0.525 bits per heavy atom. The third-order valence-corrected chi connectivity index (χ3v) is 14.3. The molecular weight excluding hydrogens is 733 g/mol. The largest absolute Gasteiger partial charge is 0.232 e. The molecule has 1 unspecified atom stereocenters. The lowest BCUT2D eigenvalue weighted by atomic mass is 9.62. The maximum Gasteiger partial charge on any atom is 0.160 e. The maximum atomic E-state index is 5.69. The molecule has 1 atom stereocenters. The Labute approximate surface area is 351 Å². The van der Waals surface area contributed by atoms with Gasteiger partial charge in [-0.1, -0.05) is 151 Å². The molecular formula is C56H46N2S. The summed E-state index contributed by atoms with van der Waals surface area (Å²) in [6, 6.07) is 51.7. The van der Waals surface area contributed by atoms with Crippen molar-refractivity contribution < 1.29 is 0 Å². The lowest BCUT2D eigenvalue weighted by Crippen LogP contribution is -2.32. The summed E-state index contributed by atoms with van der Waals surface area (Å²) < 4.78 is 2.62. The second-order valence-electron chi connectivity index (χ2n) is 16.5. The Balaban J connectivity index is 1.25. The number of hydrogen-bond donors (Lipinski definition) is 0. The number of amidine groups is 1. The highest BCUT2D eigenvalue weighted by Gasteiger charge is 2.49. The van der Waals surface area contributed by atoms with E-state index >= 15 is 0 Å². The van der Waals surface area contributed by atoms with E-state index in [4.69, 9.17) is 9.98 Å². The van der Waals surface area contributed by atoms with Crippen LogP contribution in [0, 0.1) is 0 Å². The number of thiophene rings is 1. The van der Waals surface area contributed by atoms with Gasteiger partial charge in [0.2, 0.25) is 0 Å². The van der Waals surface area contributed by atoms with Crippen molar-refractivity contribution >= 4 is 48.8 Å². The topological polar surface area (TPSA) is 24.7 Å². The Hall–Kier alpha value is -6.16. The summed E-state index contributed by atoms with van der Waals surface area (Å²) in [4.78, 5) is 11.4. The zero-order chi connectivity index (χ0) is 39.3. The summed E-state index contributed by atoms with van der Waals surface area (Å²) in [5.41, 5.74) is 17.3. The van der Waals surface area contributed by atoms with E-state index in [-0.39, 0.29) is 5.41 Å². The van der Waals surface area contributed by atoms with E-state index in [1.807, 2.05) is 11.3 Å². The Morgan fingerprint density at radius 2 is 1.31 bits per heavy atom. The number of hydrogen-bond acceptors (Lipinski definition) is 3. The number of rotatable bonds is 6. The standard InChI is InChI=1S/C56H46N2S/c1-37-30-33-51(38-18-6-2-7-19-38)57-55(58-54(37)39-20-8-3-9-21-39)48-35-47-43-26-14-16-28-49(43)56(41-22-10-4-11-23-41,42-24-12-5-13-25-42)50(47)36-46(48)40-31-32-45-44-27-15-17-29-52(44)59-53(45)34-40/h2-4,6-10,14-22,24,26-29,31-32,34-36H,5,11-13,23,25,30,33H2,1H3/b54-37-,57-51+,58-55-. The second-order valence-corrected chi connectivity index (χ2v) is 17.6. The summed E-state index contributed by atoms with van der Waals surface area (Å²) in [6.45, 7) is 2.26. The number of benzene rings is 6. The van der Waals surface area contributed by atoms with E-state index in [1.54, 1.807) is 5.57 Å². The maximum absolute atomic E-state index is 5.69. The molecule has 0 N–H and O–H groups in total. The normalized spacial score (nSPS) is 22.1. The molecule has 11 rings (SSSR count). The molecule has 0 radical (unpaired) electrons. The molecule has 2 nitrogen and oxygen atoms in total. The first-order valence-electron chi connectivity index (χ1n) is 21.4. The second kappa shape index (κ2) is 14.9. The zero-order valence-corrected chi connectivity index (χ0v) is 34.4. The van der Waals surface area contributed by atoms with Gasteiger partial charge in [0.05, 0.1) is 16.8 Å². The average Bonchev–Trinajstić information content (AvgIpc) is 3.82. The fourth-order valence-corrected chi connectivity index (χ4v) is 11.5. The van der Waals surface area contributed by atoms with Crippen LogP contribution in [0.15, 0.2) is 191 Å². The molecule has 3 heteroatoms. The van der Waals surface area contributed by atoms with Crippen LogP contribution in [0.1, 0.15) is 86.1 Å². The molecule has 7 aromatic rings. The van der Waals surface area contributed by atoms with Crippen LogP contribution in [-0.2, 0) is 5.41 Å². The molecule has 286 valence electrons. The van der Waals surface area contributed by atoms with Gasteiger partial charge in [-0.2, -0.15) is 0 Å². The average molecular weight is 779 g/mol. The van der Waals surface area contributed by atoms with Gasteiger partial charge in [-0.05, 0) is 127 Å². The van der Waals surface area contributed by atoms with Crippen LogP contribution in [0.3, 0.4) is 0 Å². The molecule has 3 aliphatic carbocycles. The van der Waals surface area contributed by atoms with Gasteiger partial charge < -0.3 is 0 Å². The van der Waals surface area contributed by atoms with Crippen LogP contribution in [0.25, 0.3) is 48.1 Å². The van der Waals surface area contributed by atoms with Gasteiger partial charge in [0.25, 0.3) is 0 Å². The highest BCUT2D eigenvalue weighted by atomic mass is 32.1. The fraction of sp³-hybridized carbons (Fsp3) is 0.179. The molecule has 0 saturated carbocycles. The summed E-state index contributed by atoms with van der Waals surface area (Å²) in [7, 11) is 0. The highest BCUT2D eigenvalue weighted by Crippen LogP contribution is 2.60. The van der Waals surface area contributed by atoms with E-state index in [1.165, 1.54) is 77.5 Å². The molecule has 0 saturated heterocycles.